The number of piperidine rings is 1. The highest BCUT2D eigenvalue weighted by atomic mass is 32.2. The van der Waals surface area contributed by atoms with Crippen LogP contribution in [0.25, 0.3) is 0 Å². The first-order valence-electron chi connectivity index (χ1n) is 10.5. The Balaban J connectivity index is 1.67. The van der Waals surface area contributed by atoms with Crippen LogP contribution in [0.15, 0.2) is 59.5 Å². The predicted molar refractivity (Wildman–Crippen MR) is 120 cm³/mol. The highest BCUT2D eigenvalue weighted by Gasteiger charge is 2.27. The second-order valence-corrected chi connectivity index (χ2v) is 9.91. The fraction of sp³-hybridized carbons (Fsp3) is 0.435. The van der Waals surface area contributed by atoms with Gasteiger partial charge in [0.2, 0.25) is 5.91 Å². The van der Waals surface area contributed by atoms with Gasteiger partial charge in [-0.3, -0.25) is 9.10 Å². The zero-order valence-corrected chi connectivity index (χ0v) is 18.6. The summed E-state index contributed by atoms with van der Waals surface area (Å²) in [7, 11) is -1.72. The van der Waals surface area contributed by atoms with Gasteiger partial charge in [-0.05, 0) is 76.5 Å². The van der Waals surface area contributed by atoms with Crippen LogP contribution in [0.1, 0.15) is 24.8 Å². The van der Waals surface area contributed by atoms with Gasteiger partial charge in [-0.25, -0.2) is 8.42 Å². The number of para-hydroxylation sites is 1. The molecular weight excluding hydrogens is 398 g/mol. The molecule has 30 heavy (non-hydrogen) atoms. The summed E-state index contributed by atoms with van der Waals surface area (Å²) < 4.78 is 27.7. The third-order valence-electron chi connectivity index (χ3n) is 5.65. The van der Waals surface area contributed by atoms with Gasteiger partial charge in [0.05, 0.1) is 10.6 Å². The molecule has 1 aliphatic rings. The van der Waals surface area contributed by atoms with Crippen molar-refractivity contribution in [1.82, 2.24) is 10.2 Å². The zero-order chi connectivity index (χ0) is 21.6. The monoisotopic (exact) mass is 429 g/mol. The molecule has 7 heteroatoms. The number of aryl methyl sites for hydroxylation is 1. The fourth-order valence-electron chi connectivity index (χ4n) is 3.70. The molecule has 162 valence electrons. The van der Waals surface area contributed by atoms with E-state index >= 15 is 0 Å². The first-order valence-corrected chi connectivity index (χ1v) is 11.9. The number of benzene rings is 2. The Morgan fingerprint density at radius 2 is 1.70 bits per heavy atom. The number of anilines is 1. The Hall–Kier alpha value is -2.38. The molecule has 3 rings (SSSR count). The van der Waals surface area contributed by atoms with Gasteiger partial charge in [0.1, 0.15) is 6.54 Å². The van der Waals surface area contributed by atoms with Crippen molar-refractivity contribution in [1.29, 1.82) is 0 Å². The number of hydrogen-bond acceptors (Lipinski definition) is 4. The van der Waals surface area contributed by atoms with E-state index in [0.717, 1.165) is 37.9 Å². The quantitative estimate of drug-likeness (QED) is 0.700. The largest absolute Gasteiger partial charge is 0.355 e. The van der Waals surface area contributed by atoms with Crippen LogP contribution in [0.3, 0.4) is 0 Å². The van der Waals surface area contributed by atoms with Crippen molar-refractivity contribution < 1.29 is 13.2 Å². The summed E-state index contributed by atoms with van der Waals surface area (Å²) in [6, 6.07) is 15.5. The summed E-state index contributed by atoms with van der Waals surface area (Å²) in [5, 5.41) is 2.92. The summed E-state index contributed by atoms with van der Waals surface area (Å²) in [5.74, 6) is 0.325. The Labute approximate surface area is 179 Å². The van der Waals surface area contributed by atoms with E-state index in [1.54, 1.807) is 48.5 Å². The van der Waals surface area contributed by atoms with E-state index < -0.39 is 10.0 Å². The molecule has 1 saturated heterocycles. The molecular formula is C23H31N3O3S. The lowest BCUT2D eigenvalue weighted by molar-refractivity contribution is -0.119. The van der Waals surface area contributed by atoms with Crippen LogP contribution in [-0.4, -0.2) is 52.5 Å². The minimum atomic E-state index is -3.85. The molecule has 1 N–H and O–H groups in total. The molecule has 0 unspecified atom stereocenters. The zero-order valence-electron chi connectivity index (χ0n) is 17.8. The van der Waals surface area contributed by atoms with Crippen molar-refractivity contribution in [2.24, 2.45) is 5.92 Å². The highest BCUT2D eigenvalue weighted by Crippen LogP contribution is 2.24. The Morgan fingerprint density at radius 1 is 1.07 bits per heavy atom. The molecule has 0 radical (unpaired) electrons. The van der Waals surface area contributed by atoms with Crippen molar-refractivity contribution in [3.63, 3.8) is 0 Å². The molecule has 1 aliphatic heterocycles. The van der Waals surface area contributed by atoms with E-state index in [9.17, 15) is 13.2 Å². The van der Waals surface area contributed by atoms with E-state index in [2.05, 4.69) is 17.3 Å². The van der Waals surface area contributed by atoms with Crippen molar-refractivity contribution in [3.8, 4) is 0 Å². The van der Waals surface area contributed by atoms with Crippen LogP contribution < -0.4 is 9.62 Å². The molecule has 2 aromatic carbocycles. The maximum absolute atomic E-state index is 13.3. The van der Waals surface area contributed by atoms with Gasteiger partial charge in [-0.2, -0.15) is 0 Å². The first-order chi connectivity index (χ1) is 14.4. The fourth-order valence-corrected chi connectivity index (χ4v) is 5.12. The molecule has 0 aromatic heterocycles. The Kier molecular flexibility index (Phi) is 7.50. The van der Waals surface area contributed by atoms with E-state index in [1.807, 2.05) is 13.0 Å². The molecule has 0 atom stereocenters. The van der Waals surface area contributed by atoms with Gasteiger partial charge in [0, 0.05) is 6.54 Å². The standard InChI is InChI=1S/C23H31N3O3S/c1-19-8-10-22(11-9-19)30(28,29)26(21-6-4-3-5-7-21)18-23(27)24-15-12-20-13-16-25(2)17-14-20/h3-11,20H,12-18H2,1-2H3,(H,24,27). The number of rotatable bonds is 8. The summed E-state index contributed by atoms with van der Waals surface area (Å²) in [5.41, 5.74) is 1.45. The van der Waals surface area contributed by atoms with E-state index in [0.29, 0.717) is 18.2 Å². The summed E-state index contributed by atoms with van der Waals surface area (Å²) >= 11 is 0. The molecule has 2 aromatic rings. The van der Waals surface area contributed by atoms with Crippen molar-refractivity contribution >= 4 is 21.6 Å². The maximum atomic E-state index is 13.3. The minimum Gasteiger partial charge on any atom is -0.355 e. The number of nitrogens with one attached hydrogen (secondary N) is 1. The lowest BCUT2D eigenvalue weighted by atomic mass is 9.94. The van der Waals surface area contributed by atoms with Gasteiger partial charge in [0.25, 0.3) is 10.0 Å². The predicted octanol–water partition coefficient (Wildman–Crippen LogP) is 3.04. The van der Waals surface area contributed by atoms with E-state index in [-0.39, 0.29) is 17.3 Å². The number of carbonyl (C=O) groups is 1. The molecule has 1 amide bonds. The van der Waals surface area contributed by atoms with Gasteiger partial charge in [0.15, 0.2) is 0 Å². The maximum Gasteiger partial charge on any atom is 0.264 e. The second-order valence-electron chi connectivity index (χ2n) is 8.05. The van der Waals surface area contributed by atoms with Gasteiger partial charge >= 0.3 is 0 Å². The number of carbonyl (C=O) groups excluding carboxylic acids is 1. The molecule has 0 saturated carbocycles. The molecule has 1 fully saturated rings. The smallest absolute Gasteiger partial charge is 0.264 e. The minimum absolute atomic E-state index is 0.177. The average Bonchev–Trinajstić information content (AvgIpc) is 2.74. The number of hydrogen-bond donors (Lipinski definition) is 1. The molecule has 0 aliphatic carbocycles. The lowest BCUT2D eigenvalue weighted by Crippen LogP contribution is -2.41. The third-order valence-corrected chi connectivity index (χ3v) is 7.44. The van der Waals surface area contributed by atoms with Crippen LogP contribution in [-0.2, 0) is 14.8 Å². The highest BCUT2D eigenvalue weighted by molar-refractivity contribution is 7.92. The van der Waals surface area contributed by atoms with Crippen molar-refractivity contribution in [2.45, 2.75) is 31.1 Å². The Bertz CT molecular complexity index is 922. The van der Waals surface area contributed by atoms with Crippen LogP contribution in [0.5, 0.6) is 0 Å². The van der Waals surface area contributed by atoms with Crippen molar-refractivity contribution in [3.05, 3.63) is 60.2 Å². The van der Waals surface area contributed by atoms with Crippen LogP contribution in [0.2, 0.25) is 0 Å². The van der Waals surface area contributed by atoms with Crippen molar-refractivity contribution in [2.75, 3.05) is 37.5 Å². The SMILES string of the molecule is Cc1ccc(S(=O)(=O)N(CC(=O)NCCC2CCN(C)CC2)c2ccccc2)cc1. The third kappa shape index (κ3) is 5.83. The van der Waals surface area contributed by atoms with E-state index in [4.69, 9.17) is 0 Å². The summed E-state index contributed by atoms with van der Waals surface area (Å²) in [6.45, 7) is 4.42. The molecule has 0 bridgehead atoms. The normalized spacial score (nSPS) is 15.7. The number of amides is 1. The van der Waals surface area contributed by atoms with Crippen LogP contribution in [0, 0.1) is 12.8 Å². The number of likely N-dealkylation sites (tertiary alicyclic amines) is 1. The number of sulfonamides is 1. The Morgan fingerprint density at radius 3 is 2.33 bits per heavy atom. The van der Waals surface area contributed by atoms with Crippen LogP contribution in [0.4, 0.5) is 5.69 Å². The van der Waals surface area contributed by atoms with E-state index in [1.165, 1.54) is 4.31 Å². The molecule has 0 spiro atoms. The number of nitrogens with zero attached hydrogens (tertiary/aromatic N) is 2. The molecule has 1 heterocycles. The van der Waals surface area contributed by atoms with Gasteiger partial charge in [-0.15, -0.1) is 0 Å². The average molecular weight is 430 g/mol. The van der Waals surface area contributed by atoms with Gasteiger partial charge in [-0.1, -0.05) is 35.9 Å². The first kappa shape index (κ1) is 22.3. The second kappa shape index (κ2) is 10.1. The topological polar surface area (TPSA) is 69.7 Å². The molecule has 6 nitrogen and oxygen atoms in total. The van der Waals surface area contributed by atoms with Crippen LogP contribution >= 0.6 is 0 Å². The van der Waals surface area contributed by atoms with Gasteiger partial charge < -0.3 is 10.2 Å². The summed E-state index contributed by atoms with van der Waals surface area (Å²) in [4.78, 5) is 15.1. The summed E-state index contributed by atoms with van der Waals surface area (Å²) in [6.07, 6.45) is 3.21. The lowest BCUT2D eigenvalue weighted by Gasteiger charge is -2.29.